The molecular formula is C13H23ClOS. The first-order valence-electron chi connectivity index (χ1n) is 6.45. The monoisotopic (exact) mass is 262 g/mol. The number of alkyl halides is 1. The van der Waals surface area contributed by atoms with Gasteiger partial charge in [-0.1, -0.05) is 27.2 Å². The van der Waals surface area contributed by atoms with Crippen LogP contribution in [0.2, 0.25) is 0 Å². The Labute approximate surface area is 109 Å². The number of hydrogen-bond donors (Lipinski definition) is 0. The van der Waals surface area contributed by atoms with E-state index in [4.69, 9.17) is 16.3 Å². The molecule has 0 N–H and O–H groups in total. The Bertz CT molecular complexity index is 246. The summed E-state index contributed by atoms with van der Waals surface area (Å²) in [5.41, 5.74) is 0. The Balaban J connectivity index is 2.13. The van der Waals surface area contributed by atoms with E-state index in [1.165, 1.54) is 19.3 Å². The van der Waals surface area contributed by atoms with Crippen molar-refractivity contribution in [1.29, 1.82) is 0 Å². The molecule has 1 aliphatic carbocycles. The Morgan fingerprint density at radius 2 is 2.19 bits per heavy atom. The minimum atomic E-state index is 0.0887. The Morgan fingerprint density at radius 3 is 2.75 bits per heavy atom. The molecule has 0 unspecified atom stereocenters. The molecule has 2 rings (SSSR count). The highest BCUT2D eigenvalue weighted by Gasteiger charge is 2.50. The van der Waals surface area contributed by atoms with Crippen LogP contribution in [-0.2, 0) is 4.74 Å². The molecule has 0 bridgehead atoms. The average Bonchev–Trinajstić information content (AvgIpc) is 2.61. The summed E-state index contributed by atoms with van der Waals surface area (Å²) in [4.78, 5) is 0.0887. The van der Waals surface area contributed by atoms with Gasteiger partial charge in [-0.3, -0.25) is 0 Å². The van der Waals surface area contributed by atoms with E-state index in [1.54, 1.807) is 0 Å². The van der Waals surface area contributed by atoms with Gasteiger partial charge in [0, 0.05) is 11.6 Å². The van der Waals surface area contributed by atoms with Crippen LogP contribution in [0.1, 0.15) is 40.0 Å². The van der Waals surface area contributed by atoms with Crippen LogP contribution in [0.5, 0.6) is 0 Å². The van der Waals surface area contributed by atoms with Gasteiger partial charge in [0.25, 0.3) is 0 Å². The second kappa shape index (κ2) is 5.07. The molecule has 1 spiro atoms. The van der Waals surface area contributed by atoms with E-state index in [2.05, 4.69) is 20.8 Å². The number of thioether (sulfide) groups is 1. The minimum absolute atomic E-state index is 0.0887. The maximum atomic E-state index is 6.31. The SMILES string of the molecule is CC(C)[C@H]1CC[C@@H](C)C[C@@]12O[C@@H](CCl)CS2. The van der Waals surface area contributed by atoms with E-state index in [0.29, 0.717) is 17.7 Å². The summed E-state index contributed by atoms with van der Waals surface area (Å²) in [5, 5.41) is 0. The summed E-state index contributed by atoms with van der Waals surface area (Å²) in [7, 11) is 0. The fourth-order valence-electron chi connectivity index (χ4n) is 3.23. The van der Waals surface area contributed by atoms with Crippen molar-refractivity contribution < 1.29 is 4.74 Å². The lowest BCUT2D eigenvalue weighted by molar-refractivity contribution is -0.0772. The van der Waals surface area contributed by atoms with Crippen LogP contribution in [0.4, 0.5) is 0 Å². The molecule has 1 nitrogen and oxygen atoms in total. The molecule has 0 radical (unpaired) electrons. The number of rotatable bonds is 2. The molecule has 1 aliphatic heterocycles. The summed E-state index contributed by atoms with van der Waals surface area (Å²) in [6.07, 6.45) is 4.17. The van der Waals surface area contributed by atoms with Gasteiger partial charge in [0.2, 0.25) is 0 Å². The molecule has 16 heavy (non-hydrogen) atoms. The summed E-state index contributed by atoms with van der Waals surface area (Å²) in [6.45, 7) is 7.02. The van der Waals surface area contributed by atoms with Crippen molar-refractivity contribution in [3.05, 3.63) is 0 Å². The molecule has 4 atom stereocenters. The normalized spacial score (nSPS) is 44.4. The Kier molecular flexibility index (Phi) is 4.14. The van der Waals surface area contributed by atoms with Gasteiger partial charge >= 0.3 is 0 Å². The molecule has 1 saturated heterocycles. The van der Waals surface area contributed by atoms with Gasteiger partial charge in [-0.2, -0.15) is 0 Å². The zero-order valence-corrected chi connectivity index (χ0v) is 12.1. The van der Waals surface area contributed by atoms with E-state index >= 15 is 0 Å². The zero-order valence-electron chi connectivity index (χ0n) is 10.5. The van der Waals surface area contributed by atoms with Gasteiger partial charge < -0.3 is 4.74 Å². The van der Waals surface area contributed by atoms with Crippen molar-refractivity contribution in [3.63, 3.8) is 0 Å². The van der Waals surface area contributed by atoms with Crippen molar-refractivity contribution >= 4 is 23.4 Å². The predicted molar refractivity (Wildman–Crippen MR) is 72.1 cm³/mol. The van der Waals surface area contributed by atoms with Crippen molar-refractivity contribution in [3.8, 4) is 0 Å². The predicted octanol–water partition coefficient (Wildman–Crippen LogP) is 4.15. The summed E-state index contributed by atoms with van der Waals surface area (Å²) in [5.74, 6) is 3.96. The molecule has 2 aliphatic rings. The van der Waals surface area contributed by atoms with Crippen LogP contribution in [-0.4, -0.2) is 22.7 Å². The second-order valence-corrected chi connectivity index (χ2v) is 7.38. The van der Waals surface area contributed by atoms with Gasteiger partial charge in [-0.15, -0.1) is 23.4 Å². The summed E-state index contributed by atoms with van der Waals surface area (Å²) < 4.78 is 6.31. The van der Waals surface area contributed by atoms with Gasteiger partial charge in [-0.05, 0) is 30.6 Å². The molecule has 2 fully saturated rings. The quantitative estimate of drug-likeness (QED) is 0.692. The van der Waals surface area contributed by atoms with E-state index in [-0.39, 0.29) is 11.0 Å². The molecule has 94 valence electrons. The molecule has 0 amide bonds. The molecule has 1 saturated carbocycles. The van der Waals surface area contributed by atoms with Gasteiger partial charge in [0.05, 0.1) is 6.10 Å². The number of hydrogen-bond acceptors (Lipinski definition) is 2. The van der Waals surface area contributed by atoms with Crippen LogP contribution in [0.15, 0.2) is 0 Å². The van der Waals surface area contributed by atoms with E-state index < -0.39 is 0 Å². The van der Waals surface area contributed by atoms with Crippen LogP contribution in [0, 0.1) is 17.8 Å². The fourth-order valence-corrected chi connectivity index (χ4v) is 5.39. The second-order valence-electron chi connectivity index (χ2n) is 5.75. The van der Waals surface area contributed by atoms with E-state index in [9.17, 15) is 0 Å². The highest BCUT2D eigenvalue weighted by Crippen LogP contribution is 2.53. The molecule has 0 aromatic carbocycles. The van der Waals surface area contributed by atoms with Crippen molar-refractivity contribution in [2.75, 3.05) is 11.6 Å². The van der Waals surface area contributed by atoms with Crippen molar-refractivity contribution in [2.24, 2.45) is 17.8 Å². The Morgan fingerprint density at radius 1 is 1.44 bits per heavy atom. The summed E-state index contributed by atoms with van der Waals surface area (Å²) in [6, 6.07) is 0. The zero-order chi connectivity index (χ0) is 11.8. The van der Waals surface area contributed by atoms with Crippen LogP contribution >= 0.6 is 23.4 Å². The highest BCUT2D eigenvalue weighted by molar-refractivity contribution is 8.00. The molecule has 3 heteroatoms. The first-order valence-corrected chi connectivity index (χ1v) is 7.97. The maximum absolute atomic E-state index is 6.31. The third-order valence-corrected chi connectivity index (χ3v) is 5.96. The summed E-state index contributed by atoms with van der Waals surface area (Å²) >= 11 is 7.97. The first kappa shape index (κ1) is 13.0. The van der Waals surface area contributed by atoms with Gasteiger partial charge in [-0.25, -0.2) is 0 Å². The van der Waals surface area contributed by atoms with E-state index in [1.807, 2.05) is 11.8 Å². The maximum Gasteiger partial charge on any atom is 0.117 e. The lowest BCUT2D eigenvalue weighted by atomic mass is 9.75. The lowest BCUT2D eigenvalue weighted by Gasteiger charge is -2.44. The van der Waals surface area contributed by atoms with E-state index in [0.717, 1.165) is 11.7 Å². The minimum Gasteiger partial charge on any atom is -0.359 e. The van der Waals surface area contributed by atoms with Crippen molar-refractivity contribution in [1.82, 2.24) is 0 Å². The van der Waals surface area contributed by atoms with Crippen LogP contribution in [0.3, 0.4) is 0 Å². The van der Waals surface area contributed by atoms with Gasteiger partial charge in [0.1, 0.15) is 4.93 Å². The Hall–Kier alpha value is 0.600. The number of ether oxygens (including phenoxy) is 1. The molecule has 1 heterocycles. The lowest BCUT2D eigenvalue weighted by Crippen LogP contribution is -2.43. The van der Waals surface area contributed by atoms with Crippen LogP contribution in [0.25, 0.3) is 0 Å². The molecule has 0 aromatic heterocycles. The highest BCUT2D eigenvalue weighted by atomic mass is 35.5. The number of halogens is 1. The first-order chi connectivity index (χ1) is 7.57. The standard InChI is InChI=1S/C13H23ClOS/c1-9(2)12-5-4-10(3)6-13(12)15-11(7-14)8-16-13/h9-12H,4-8H2,1-3H3/t10-,11+,12-,13+/m1/s1. The average molecular weight is 263 g/mol. The topological polar surface area (TPSA) is 9.23 Å². The molecular weight excluding hydrogens is 240 g/mol. The largest absolute Gasteiger partial charge is 0.359 e. The smallest absolute Gasteiger partial charge is 0.117 e. The molecule has 0 aromatic rings. The third kappa shape index (κ3) is 2.39. The van der Waals surface area contributed by atoms with Crippen molar-refractivity contribution in [2.45, 2.75) is 51.1 Å². The third-order valence-electron chi connectivity index (χ3n) is 4.02. The van der Waals surface area contributed by atoms with Crippen LogP contribution < -0.4 is 0 Å². The van der Waals surface area contributed by atoms with Gasteiger partial charge in [0.15, 0.2) is 0 Å². The fraction of sp³-hybridized carbons (Fsp3) is 1.00.